The van der Waals surface area contributed by atoms with E-state index in [9.17, 15) is 15.0 Å². The van der Waals surface area contributed by atoms with Gasteiger partial charge in [-0.15, -0.1) is 0 Å². The molecule has 9 heteroatoms. The summed E-state index contributed by atoms with van der Waals surface area (Å²) < 4.78 is 20.8. The van der Waals surface area contributed by atoms with Crippen molar-refractivity contribution in [1.29, 1.82) is 0 Å². The first-order valence-corrected chi connectivity index (χ1v) is 9.78. The predicted octanol–water partition coefficient (Wildman–Crippen LogP) is 2.36. The SMILES string of the molecule is COc1cc(CC2=CC(Cc3cc(OC)c(O)c(OC)c3)C(=O)N=C2N)cc(OC)c1O. The molecule has 1 heterocycles. The van der Waals surface area contributed by atoms with E-state index in [1.54, 1.807) is 30.3 Å². The summed E-state index contributed by atoms with van der Waals surface area (Å²) in [5.41, 5.74) is 8.20. The molecule has 0 aliphatic carbocycles. The molecule has 0 saturated carbocycles. The monoisotopic (exact) mass is 442 g/mol. The Bertz CT molecular complexity index is 1040. The van der Waals surface area contributed by atoms with Gasteiger partial charge < -0.3 is 34.9 Å². The van der Waals surface area contributed by atoms with Crippen LogP contribution in [0.2, 0.25) is 0 Å². The van der Waals surface area contributed by atoms with Crippen LogP contribution in [0.1, 0.15) is 11.1 Å². The molecule has 0 saturated heterocycles. The fourth-order valence-corrected chi connectivity index (χ4v) is 3.56. The van der Waals surface area contributed by atoms with Gasteiger partial charge in [0.25, 0.3) is 5.91 Å². The van der Waals surface area contributed by atoms with Gasteiger partial charge in [-0.2, -0.15) is 4.99 Å². The number of nitrogens with two attached hydrogens (primary N) is 1. The van der Waals surface area contributed by atoms with E-state index in [0.29, 0.717) is 18.4 Å². The van der Waals surface area contributed by atoms with Crippen LogP contribution in [-0.2, 0) is 17.6 Å². The average molecular weight is 442 g/mol. The maximum absolute atomic E-state index is 12.5. The molecule has 4 N–H and O–H groups in total. The number of nitrogens with zero attached hydrogens (tertiary/aromatic N) is 1. The van der Waals surface area contributed by atoms with E-state index >= 15 is 0 Å². The lowest BCUT2D eigenvalue weighted by Crippen LogP contribution is -2.28. The molecule has 0 fully saturated rings. The Morgan fingerprint density at radius 3 is 1.72 bits per heavy atom. The highest BCUT2D eigenvalue weighted by molar-refractivity contribution is 6.07. The standard InChI is InChI=1S/C23H26N2O7/c1-29-16-7-12(8-17(30-2)20(16)26)5-14-11-15(23(28)25-22(14)24)6-13-9-18(31-3)21(27)19(10-13)32-4/h7-11,15,26-27H,5-6H2,1-4H3,(H2,24,25,28). The molecule has 1 aliphatic heterocycles. The summed E-state index contributed by atoms with van der Waals surface area (Å²) in [4.78, 5) is 16.5. The van der Waals surface area contributed by atoms with Crippen molar-refractivity contribution in [1.82, 2.24) is 0 Å². The van der Waals surface area contributed by atoms with Gasteiger partial charge in [-0.1, -0.05) is 6.08 Å². The lowest BCUT2D eigenvalue weighted by atomic mass is 9.91. The van der Waals surface area contributed by atoms with Gasteiger partial charge in [-0.05, 0) is 47.4 Å². The van der Waals surface area contributed by atoms with E-state index in [1.165, 1.54) is 28.4 Å². The summed E-state index contributed by atoms with van der Waals surface area (Å²) >= 11 is 0. The molecule has 0 spiro atoms. The molecule has 170 valence electrons. The zero-order valence-electron chi connectivity index (χ0n) is 18.3. The minimum absolute atomic E-state index is 0.0960. The van der Waals surface area contributed by atoms with Gasteiger partial charge in [-0.25, -0.2) is 0 Å². The Morgan fingerprint density at radius 1 is 0.844 bits per heavy atom. The Balaban J connectivity index is 1.91. The quantitative estimate of drug-likeness (QED) is 0.567. The second-order valence-electron chi connectivity index (χ2n) is 7.21. The number of dihydropyridines is 1. The number of amides is 1. The van der Waals surface area contributed by atoms with Gasteiger partial charge >= 0.3 is 0 Å². The number of ether oxygens (including phenoxy) is 4. The first kappa shape index (κ1) is 22.8. The number of aromatic hydroxyl groups is 2. The molecule has 2 aromatic carbocycles. The zero-order valence-corrected chi connectivity index (χ0v) is 18.3. The number of methoxy groups -OCH3 is 4. The summed E-state index contributed by atoms with van der Waals surface area (Å²) in [6.45, 7) is 0. The number of carbonyl (C=O) groups is 1. The first-order valence-electron chi connectivity index (χ1n) is 9.78. The number of phenols is 2. The summed E-state index contributed by atoms with van der Waals surface area (Å²) in [6, 6.07) is 6.65. The summed E-state index contributed by atoms with van der Waals surface area (Å²) in [6.07, 6.45) is 2.45. The molecule has 0 radical (unpaired) electrons. The van der Waals surface area contributed by atoms with Crippen molar-refractivity contribution in [2.45, 2.75) is 12.8 Å². The lowest BCUT2D eigenvalue weighted by Gasteiger charge is -2.19. The van der Waals surface area contributed by atoms with Crippen LogP contribution in [0.15, 0.2) is 40.9 Å². The second kappa shape index (κ2) is 9.51. The number of hydrogen-bond donors (Lipinski definition) is 3. The predicted molar refractivity (Wildman–Crippen MR) is 118 cm³/mol. The molecular weight excluding hydrogens is 416 g/mol. The van der Waals surface area contributed by atoms with Crippen LogP contribution in [0, 0.1) is 5.92 Å². The topological polar surface area (TPSA) is 133 Å². The largest absolute Gasteiger partial charge is 0.502 e. The van der Waals surface area contributed by atoms with Gasteiger partial charge in [-0.3, -0.25) is 4.79 Å². The zero-order chi connectivity index (χ0) is 23.4. The molecule has 32 heavy (non-hydrogen) atoms. The molecule has 1 amide bonds. The number of phenolic OH excluding ortho intramolecular Hbond substituents is 2. The first-order chi connectivity index (χ1) is 15.3. The van der Waals surface area contributed by atoms with E-state index < -0.39 is 5.92 Å². The highest BCUT2D eigenvalue weighted by Gasteiger charge is 2.25. The van der Waals surface area contributed by atoms with Crippen molar-refractivity contribution in [3.63, 3.8) is 0 Å². The molecule has 0 bridgehead atoms. The highest BCUT2D eigenvalue weighted by Crippen LogP contribution is 2.39. The number of rotatable bonds is 8. The van der Waals surface area contributed by atoms with E-state index in [-0.39, 0.29) is 46.2 Å². The van der Waals surface area contributed by atoms with Crippen molar-refractivity contribution in [3.05, 3.63) is 47.0 Å². The van der Waals surface area contributed by atoms with Gasteiger partial charge in [0.15, 0.2) is 23.0 Å². The van der Waals surface area contributed by atoms with Gasteiger partial charge in [0, 0.05) is 6.42 Å². The Kier molecular flexibility index (Phi) is 6.77. The maximum atomic E-state index is 12.5. The van der Waals surface area contributed by atoms with Gasteiger partial charge in [0.1, 0.15) is 5.84 Å². The Hall–Kier alpha value is -3.88. The van der Waals surface area contributed by atoms with E-state index in [4.69, 9.17) is 24.7 Å². The van der Waals surface area contributed by atoms with Crippen LogP contribution in [0.4, 0.5) is 0 Å². The molecule has 3 rings (SSSR count). The van der Waals surface area contributed by atoms with Crippen LogP contribution < -0.4 is 24.7 Å². The van der Waals surface area contributed by atoms with Crippen LogP contribution in [0.3, 0.4) is 0 Å². The lowest BCUT2D eigenvalue weighted by molar-refractivity contribution is -0.120. The third kappa shape index (κ3) is 4.56. The van der Waals surface area contributed by atoms with Crippen molar-refractivity contribution in [2.24, 2.45) is 16.6 Å². The third-order valence-corrected chi connectivity index (χ3v) is 5.21. The van der Waals surface area contributed by atoms with Crippen LogP contribution >= 0.6 is 0 Å². The van der Waals surface area contributed by atoms with Crippen molar-refractivity contribution in [3.8, 4) is 34.5 Å². The highest BCUT2D eigenvalue weighted by atomic mass is 16.5. The minimum Gasteiger partial charge on any atom is -0.502 e. The van der Waals surface area contributed by atoms with E-state index in [1.807, 2.05) is 0 Å². The Labute approximate surface area is 185 Å². The fraction of sp³-hybridized carbons (Fsp3) is 0.304. The number of amidine groups is 1. The second-order valence-corrected chi connectivity index (χ2v) is 7.21. The molecule has 1 atom stereocenters. The normalized spacial score (nSPS) is 15.6. The van der Waals surface area contributed by atoms with Crippen LogP contribution in [-0.4, -0.2) is 50.4 Å². The number of benzene rings is 2. The van der Waals surface area contributed by atoms with Crippen molar-refractivity contribution in [2.75, 3.05) is 28.4 Å². The molecule has 1 aliphatic rings. The van der Waals surface area contributed by atoms with Crippen molar-refractivity contribution < 1.29 is 34.0 Å². The molecule has 9 nitrogen and oxygen atoms in total. The maximum Gasteiger partial charge on any atom is 0.254 e. The number of carbonyl (C=O) groups excluding carboxylic acids is 1. The van der Waals surface area contributed by atoms with E-state index in [0.717, 1.165) is 11.1 Å². The number of hydrogen-bond acceptors (Lipinski definition) is 8. The summed E-state index contributed by atoms with van der Waals surface area (Å²) in [5.74, 6) is 0.0396. The average Bonchev–Trinajstić information content (AvgIpc) is 2.78. The molecular formula is C23H26N2O7. The van der Waals surface area contributed by atoms with Crippen LogP contribution in [0.25, 0.3) is 0 Å². The fourth-order valence-electron chi connectivity index (χ4n) is 3.56. The van der Waals surface area contributed by atoms with Crippen LogP contribution in [0.5, 0.6) is 34.5 Å². The summed E-state index contributed by atoms with van der Waals surface area (Å²) in [5, 5.41) is 20.2. The minimum atomic E-state index is -0.558. The number of aliphatic imine (C=N–C) groups is 1. The summed E-state index contributed by atoms with van der Waals surface area (Å²) in [7, 11) is 5.77. The van der Waals surface area contributed by atoms with Gasteiger partial charge in [0.05, 0.1) is 34.4 Å². The third-order valence-electron chi connectivity index (χ3n) is 5.21. The Morgan fingerprint density at radius 2 is 1.28 bits per heavy atom. The van der Waals surface area contributed by atoms with Gasteiger partial charge in [0.2, 0.25) is 11.5 Å². The smallest absolute Gasteiger partial charge is 0.254 e. The molecule has 1 unspecified atom stereocenters. The molecule has 0 aromatic heterocycles. The van der Waals surface area contributed by atoms with E-state index in [2.05, 4.69) is 4.99 Å². The molecule has 2 aromatic rings. The van der Waals surface area contributed by atoms with Crippen molar-refractivity contribution >= 4 is 11.7 Å².